The Morgan fingerprint density at radius 1 is 1.43 bits per heavy atom. The Kier molecular flexibility index (Phi) is 6.46. The van der Waals surface area contributed by atoms with Crippen molar-refractivity contribution in [3.05, 3.63) is 39.3 Å². The zero-order chi connectivity index (χ0) is 20.3. The number of amides is 2. The number of benzene rings is 1. The van der Waals surface area contributed by atoms with E-state index in [2.05, 4.69) is 26.2 Å². The van der Waals surface area contributed by atoms with Crippen molar-refractivity contribution in [1.29, 1.82) is 0 Å². The van der Waals surface area contributed by atoms with Crippen LogP contribution in [0.5, 0.6) is 0 Å². The van der Waals surface area contributed by atoms with Gasteiger partial charge in [-0.3, -0.25) is 14.4 Å². The Balaban J connectivity index is 1.61. The van der Waals surface area contributed by atoms with Gasteiger partial charge < -0.3 is 15.0 Å². The lowest BCUT2D eigenvalue weighted by molar-refractivity contribution is -0.142. The van der Waals surface area contributed by atoms with E-state index in [0.29, 0.717) is 24.0 Å². The van der Waals surface area contributed by atoms with Crippen molar-refractivity contribution < 1.29 is 19.1 Å². The van der Waals surface area contributed by atoms with Crippen molar-refractivity contribution in [3.63, 3.8) is 0 Å². The minimum absolute atomic E-state index is 0.0683. The Morgan fingerprint density at radius 3 is 2.93 bits per heavy atom. The van der Waals surface area contributed by atoms with Gasteiger partial charge in [0.1, 0.15) is 0 Å². The second kappa shape index (κ2) is 8.83. The quantitative estimate of drug-likeness (QED) is 0.660. The number of carbonyl (C=O) groups excluding carboxylic acids is 3. The van der Waals surface area contributed by atoms with E-state index in [4.69, 9.17) is 4.74 Å². The molecule has 0 bridgehead atoms. The Morgan fingerprint density at radius 2 is 2.21 bits per heavy atom. The van der Waals surface area contributed by atoms with Crippen LogP contribution in [-0.4, -0.2) is 35.9 Å². The first-order chi connectivity index (χ1) is 13.4. The summed E-state index contributed by atoms with van der Waals surface area (Å²) in [5, 5.41) is 4.88. The van der Waals surface area contributed by atoms with Crippen LogP contribution in [0.4, 0.5) is 10.8 Å². The van der Waals surface area contributed by atoms with Gasteiger partial charge in [0, 0.05) is 28.5 Å². The second-order valence-corrected chi connectivity index (χ2v) is 8.17. The second-order valence-electron chi connectivity index (χ2n) is 6.45. The van der Waals surface area contributed by atoms with Crippen molar-refractivity contribution >= 4 is 55.9 Å². The number of carbonyl (C=O) groups is 3. The molecule has 1 unspecified atom stereocenters. The molecule has 1 aromatic heterocycles. The minimum atomic E-state index is -0.450. The van der Waals surface area contributed by atoms with Crippen LogP contribution in [0, 0.1) is 12.8 Å². The fraction of sp³-hybridized carbons (Fsp3) is 0.368. The van der Waals surface area contributed by atoms with Crippen molar-refractivity contribution in [2.24, 2.45) is 5.92 Å². The summed E-state index contributed by atoms with van der Waals surface area (Å²) in [7, 11) is 0. The molecule has 2 aromatic rings. The highest BCUT2D eigenvalue weighted by Crippen LogP contribution is 2.29. The summed E-state index contributed by atoms with van der Waals surface area (Å²) < 4.78 is 5.86. The lowest BCUT2D eigenvalue weighted by Gasteiger charge is -2.17. The van der Waals surface area contributed by atoms with Crippen LogP contribution in [0.3, 0.4) is 0 Å². The largest absolute Gasteiger partial charge is 0.466 e. The number of esters is 1. The third-order valence-corrected chi connectivity index (χ3v) is 6.06. The maximum absolute atomic E-state index is 12.6. The number of halogens is 1. The molecule has 1 fully saturated rings. The van der Waals surface area contributed by atoms with Gasteiger partial charge in [-0.1, -0.05) is 15.9 Å². The SMILES string of the molecule is CCOC(=O)Cc1csc(NC(=O)C2CC(=O)N(c3ccc(Br)c(C)c3)C2)n1. The Hall–Kier alpha value is -2.26. The maximum Gasteiger partial charge on any atom is 0.311 e. The summed E-state index contributed by atoms with van der Waals surface area (Å²) in [5.74, 6) is -1.13. The molecule has 7 nitrogen and oxygen atoms in total. The van der Waals surface area contributed by atoms with E-state index in [1.807, 2.05) is 25.1 Å². The van der Waals surface area contributed by atoms with Crippen molar-refractivity contribution in [1.82, 2.24) is 4.98 Å². The summed E-state index contributed by atoms with van der Waals surface area (Å²) >= 11 is 4.69. The molecule has 28 heavy (non-hydrogen) atoms. The number of nitrogens with one attached hydrogen (secondary N) is 1. The molecule has 3 rings (SSSR count). The van der Waals surface area contributed by atoms with Gasteiger partial charge in [0.2, 0.25) is 11.8 Å². The van der Waals surface area contributed by atoms with Gasteiger partial charge in [-0.15, -0.1) is 11.3 Å². The Bertz CT molecular complexity index is 914. The van der Waals surface area contributed by atoms with E-state index < -0.39 is 5.92 Å². The third kappa shape index (κ3) is 4.77. The van der Waals surface area contributed by atoms with E-state index in [-0.39, 0.29) is 30.6 Å². The molecule has 1 aliphatic heterocycles. The maximum atomic E-state index is 12.6. The van der Waals surface area contributed by atoms with Gasteiger partial charge in [0.15, 0.2) is 5.13 Å². The van der Waals surface area contributed by atoms with Gasteiger partial charge in [0.25, 0.3) is 0 Å². The number of ether oxygens (including phenoxy) is 1. The van der Waals surface area contributed by atoms with Crippen molar-refractivity contribution in [3.8, 4) is 0 Å². The van der Waals surface area contributed by atoms with Crippen LogP contribution in [0.15, 0.2) is 28.1 Å². The molecule has 0 aliphatic carbocycles. The van der Waals surface area contributed by atoms with Crippen molar-refractivity contribution in [2.75, 3.05) is 23.4 Å². The van der Waals surface area contributed by atoms with Crippen LogP contribution in [0.25, 0.3) is 0 Å². The molecule has 1 saturated heterocycles. The molecule has 1 aromatic carbocycles. The van der Waals surface area contributed by atoms with Crippen LogP contribution in [0.1, 0.15) is 24.6 Å². The number of thiazole rings is 1. The number of anilines is 2. The molecule has 0 spiro atoms. The molecule has 1 atom stereocenters. The molecular formula is C19H20BrN3O4S. The highest BCUT2D eigenvalue weighted by molar-refractivity contribution is 9.10. The monoisotopic (exact) mass is 465 g/mol. The number of nitrogens with zero attached hydrogens (tertiary/aromatic N) is 2. The summed E-state index contributed by atoms with van der Waals surface area (Å²) in [5.41, 5.74) is 2.36. The molecule has 1 aliphatic rings. The van der Waals surface area contributed by atoms with Crippen LogP contribution in [-0.2, 0) is 25.5 Å². The molecule has 2 heterocycles. The first kappa shape index (κ1) is 20.5. The molecule has 148 valence electrons. The standard InChI is InChI=1S/C19H20BrN3O4S/c1-3-27-17(25)8-13-10-28-19(21-13)22-18(26)12-7-16(24)23(9-12)14-4-5-15(20)11(2)6-14/h4-6,10,12H,3,7-9H2,1-2H3,(H,21,22,26). The van der Waals surface area contributed by atoms with Gasteiger partial charge in [0.05, 0.1) is 24.6 Å². The fourth-order valence-electron chi connectivity index (χ4n) is 2.94. The summed E-state index contributed by atoms with van der Waals surface area (Å²) in [6.07, 6.45) is 0.223. The van der Waals surface area contributed by atoms with Crippen LogP contribution in [0.2, 0.25) is 0 Å². The first-order valence-electron chi connectivity index (χ1n) is 8.84. The number of aryl methyl sites for hydroxylation is 1. The molecule has 0 radical (unpaired) electrons. The molecule has 9 heteroatoms. The lowest BCUT2D eigenvalue weighted by atomic mass is 10.1. The van der Waals surface area contributed by atoms with E-state index in [1.54, 1.807) is 17.2 Å². The molecular weight excluding hydrogens is 446 g/mol. The zero-order valence-corrected chi connectivity index (χ0v) is 17.9. The number of aromatic nitrogens is 1. The van der Waals surface area contributed by atoms with E-state index in [1.165, 1.54) is 11.3 Å². The summed E-state index contributed by atoms with van der Waals surface area (Å²) in [6, 6.07) is 5.68. The molecule has 0 saturated carbocycles. The average molecular weight is 466 g/mol. The average Bonchev–Trinajstić information content (AvgIpc) is 3.24. The predicted octanol–water partition coefficient (Wildman–Crippen LogP) is 3.31. The number of hydrogen-bond donors (Lipinski definition) is 1. The third-order valence-electron chi connectivity index (χ3n) is 4.36. The highest BCUT2D eigenvalue weighted by atomic mass is 79.9. The molecule has 2 amide bonds. The first-order valence-corrected chi connectivity index (χ1v) is 10.5. The molecule has 1 N–H and O–H groups in total. The number of hydrogen-bond acceptors (Lipinski definition) is 6. The van der Waals surface area contributed by atoms with Gasteiger partial charge >= 0.3 is 5.97 Å². The minimum Gasteiger partial charge on any atom is -0.466 e. The fourth-order valence-corrected chi connectivity index (χ4v) is 3.90. The van der Waals surface area contributed by atoms with Crippen molar-refractivity contribution in [2.45, 2.75) is 26.7 Å². The van der Waals surface area contributed by atoms with E-state index in [9.17, 15) is 14.4 Å². The summed E-state index contributed by atoms with van der Waals surface area (Å²) in [4.78, 5) is 42.4. The normalized spacial score (nSPS) is 16.3. The lowest BCUT2D eigenvalue weighted by Crippen LogP contribution is -2.28. The zero-order valence-electron chi connectivity index (χ0n) is 15.5. The van der Waals surface area contributed by atoms with Gasteiger partial charge in [-0.05, 0) is 37.6 Å². The summed E-state index contributed by atoms with van der Waals surface area (Å²) in [6.45, 7) is 4.34. The predicted molar refractivity (Wildman–Crippen MR) is 110 cm³/mol. The van der Waals surface area contributed by atoms with Gasteiger partial charge in [-0.25, -0.2) is 4.98 Å². The van der Waals surface area contributed by atoms with E-state index >= 15 is 0 Å². The highest BCUT2D eigenvalue weighted by Gasteiger charge is 2.35. The smallest absolute Gasteiger partial charge is 0.311 e. The van der Waals surface area contributed by atoms with Crippen LogP contribution >= 0.6 is 27.3 Å². The topological polar surface area (TPSA) is 88.6 Å². The number of rotatable bonds is 6. The van der Waals surface area contributed by atoms with Gasteiger partial charge in [-0.2, -0.15) is 0 Å². The Labute approximate surface area is 175 Å². The van der Waals surface area contributed by atoms with E-state index in [0.717, 1.165) is 15.7 Å². The van der Waals surface area contributed by atoms with Crippen LogP contribution < -0.4 is 10.2 Å².